The quantitative estimate of drug-likeness (QED) is 0.700. The largest absolute Gasteiger partial charge is 0.496 e. The number of methoxy groups -OCH3 is 1. The third-order valence-electron chi connectivity index (χ3n) is 4.32. The number of hydrogen-bond donors (Lipinski definition) is 0. The first-order valence-corrected chi connectivity index (χ1v) is 8.43. The van der Waals surface area contributed by atoms with Gasteiger partial charge < -0.3 is 14.2 Å². The summed E-state index contributed by atoms with van der Waals surface area (Å²) in [5.74, 6) is 1.16. The molecule has 1 atom stereocenters. The van der Waals surface area contributed by atoms with Gasteiger partial charge in [-0.3, -0.25) is 9.78 Å². The monoisotopic (exact) mass is 370 g/mol. The number of aromatic nitrogens is 3. The van der Waals surface area contributed by atoms with Gasteiger partial charge in [0.25, 0.3) is 5.91 Å². The van der Waals surface area contributed by atoms with E-state index in [0.717, 1.165) is 12.0 Å². The molecule has 26 heavy (non-hydrogen) atoms. The van der Waals surface area contributed by atoms with E-state index < -0.39 is 0 Å². The molecule has 0 bridgehead atoms. The fraction of sp³-hybridized carbons (Fsp3) is 0.222. The first-order valence-electron chi connectivity index (χ1n) is 8.06. The summed E-state index contributed by atoms with van der Waals surface area (Å²) in [5.41, 5.74) is 1.17. The summed E-state index contributed by atoms with van der Waals surface area (Å²) in [6, 6.07) is 8.36. The van der Waals surface area contributed by atoms with Gasteiger partial charge in [-0.2, -0.15) is 4.98 Å². The fourth-order valence-corrected chi connectivity index (χ4v) is 3.04. The van der Waals surface area contributed by atoms with Gasteiger partial charge in [-0.1, -0.05) is 16.8 Å². The second-order valence-corrected chi connectivity index (χ2v) is 6.28. The van der Waals surface area contributed by atoms with Crippen molar-refractivity contribution in [1.29, 1.82) is 0 Å². The fourth-order valence-electron chi connectivity index (χ4n) is 2.87. The Bertz CT molecular complexity index is 945. The van der Waals surface area contributed by atoms with E-state index in [9.17, 15) is 4.79 Å². The van der Waals surface area contributed by atoms with E-state index in [1.807, 2.05) is 6.07 Å². The summed E-state index contributed by atoms with van der Waals surface area (Å²) in [7, 11) is 1.52. The van der Waals surface area contributed by atoms with Crippen molar-refractivity contribution >= 4 is 17.5 Å². The van der Waals surface area contributed by atoms with E-state index >= 15 is 0 Å². The maximum absolute atomic E-state index is 12.9. The Hall–Kier alpha value is -2.93. The van der Waals surface area contributed by atoms with E-state index in [0.29, 0.717) is 34.6 Å². The number of pyridine rings is 1. The standard InChI is InChI=1S/C18H15ClN4O3/c1-25-15-5-4-12(19)9-13(15)18(24)23-8-6-14(23)17-21-16(22-26-17)11-3-2-7-20-10-11/h2-5,7,9-10,14H,6,8H2,1H3. The van der Waals surface area contributed by atoms with Crippen molar-refractivity contribution < 1.29 is 14.1 Å². The molecule has 1 amide bonds. The molecule has 0 radical (unpaired) electrons. The lowest BCUT2D eigenvalue weighted by molar-refractivity contribution is 0.0375. The van der Waals surface area contributed by atoms with Gasteiger partial charge in [0.05, 0.1) is 12.7 Å². The molecule has 3 heterocycles. The van der Waals surface area contributed by atoms with Crippen LogP contribution < -0.4 is 4.74 Å². The summed E-state index contributed by atoms with van der Waals surface area (Å²) in [4.78, 5) is 23.0. The highest BCUT2D eigenvalue weighted by atomic mass is 35.5. The van der Waals surface area contributed by atoms with Crippen LogP contribution in [0, 0.1) is 0 Å². The molecule has 1 aliphatic rings. The minimum atomic E-state index is -0.260. The van der Waals surface area contributed by atoms with Crippen molar-refractivity contribution in [3.8, 4) is 17.1 Å². The van der Waals surface area contributed by atoms with E-state index in [1.54, 1.807) is 41.6 Å². The van der Waals surface area contributed by atoms with Gasteiger partial charge in [0, 0.05) is 29.5 Å². The van der Waals surface area contributed by atoms with Crippen molar-refractivity contribution in [3.05, 3.63) is 59.2 Å². The van der Waals surface area contributed by atoms with Gasteiger partial charge in [0.1, 0.15) is 11.8 Å². The van der Waals surface area contributed by atoms with E-state index in [4.69, 9.17) is 20.9 Å². The Morgan fingerprint density at radius 1 is 1.38 bits per heavy atom. The van der Waals surface area contributed by atoms with E-state index in [2.05, 4.69) is 15.1 Å². The lowest BCUT2D eigenvalue weighted by Crippen LogP contribution is -2.45. The lowest BCUT2D eigenvalue weighted by Gasteiger charge is -2.38. The average molecular weight is 371 g/mol. The van der Waals surface area contributed by atoms with Crippen LogP contribution in [-0.2, 0) is 0 Å². The second-order valence-electron chi connectivity index (χ2n) is 5.85. The van der Waals surface area contributed by atoms with E-state index in [1.165, 1.54) is 7.11 Å². The van der Waals surface area contributed by atoms with Gasteiger partial charge in [0.15, 0.2) is 0 Å². The zero-order valence-electron chi connectivity index (χ0n) is 13.9. The number of halogens is 1. The van der Waals surface area contributed by atoms with Crippen molar-refractivity contribution in [3.63, 3.8) is 0 Å². The van der Waals surface area contributed by atoms with Gasteiger partial charge in [-0.05, 0) is 36.8 Å². The lowest BCUT2D eigenvalue weighted by atomic mass is 10.0. The molecule has 7 nitrogen and oxygen atoms in total. The molecule has 1 aliphatic heterocycles. The van der Waals surface area contributed by atoms with Crippen LogP contribution >= 0.6 is 11.6 Å². The van der Waals surface area contributed by atoms with Crippen LogP contribution in [0.4, 0.5) is 0 Å². The third kappa shape index (κ3) is 2.90. The highest BCUT2D eigenvalue weighted by molar-refractivity contribution is 6.31. The Balaban J connectivity index is 1.58. The van der Waals surface area contributed by atoms with Crippen LogP contribution in [0.3, 0.4) is 0 Å². The average Bonchev–Trinajstić information content (AvgIpc) is 3.10. The Morgan fingerprint density at radius 2 is 2.27 bits per heavy atom. The number of rotatable bonds is 4. The molecule has 1 saturated heterocycles. The molecule has 0 saturated carbocycles. The maximum atomic E-state index is 12.9. The Kier molecular flexibility index (Phi) is 4.30. The Labute approximate surface area is 154 Å². The molecule has 132 valence electrons. The van der Waals surface area contributed by atoms with Crippen LogP contribution in [0.1, 0.15) is 28.7 Å². The van der Waals surface area contributed by atoms with Crippen molar-refractivity contribution in [2.75, 3.05) is 13.7 Å². The molecule has 1 unspecified atom stereocenters. The molecule has 3 aromatic rings. The molecule has 2 aromatic heterocycles. The number of ether oxygens (including phenoxy) is 1. The molecule has 1 aromatic carbocycles. The van der Waals surface area contributed by atoms with E-state index in [-0.39, 0.29) is 11.9 Å². The summed E-state index contributed by atoms with van der Waals surface area (Å²) in [6.45, 7) is 0.601. The number of hydrogen-bond acceptors (Lipinski definition) is 6. The number of nitrogens with zero attached hydrogens (tertiary/aromatic N) is 4. The summed E-state index contributed by atoms with van der Waals surface area (Å²) < 4.78 is 10.7. The molecule has 0 spiro atoms. The summed E-state index contributed by atoms with van der Waals surface area (Å²) >= 11 is 6.04. The molecule has 0 N–H and O–H groups in total. The number of amides is 1. The highest BCUT2D eigenvalue weighted by Crippen LogP contribution is 2.36. The van der Waals surface area contributed by atoms with Crippen LogP contribution in [0.15, 0.2) is 47.2 Å². The van der Waals surface area contributed by atoms with Crippen molar-refractivity contribution in [1.82, 2.24) is 20.0 Å². The molecular formula is C18H15ClN4O3. The minimum Gasteiger partial charge on any atom is -0.496 e. The van der Waals surface area contributed by atoms with Crippen LogP contribution in [0.2, 0.25) is 5.02 Å². The van der Waals surface area contributed by atoms with Crippen LogP contribution in [0.5, 0.6) is 5.75 Å². The Morgan fingerprint density at radius 3 is 2.96 bits per heavy atom. The molecule has 1 fully saturated rings. The minimum absolute atomic E-state index is 0.179. The predicted molar refractivity (Wildman–Crippen MR) is 93.9 cm³/mol. The molecular weight excluding hydrogens is 356 g/mol. The molecule has 4 rings (SSSR count). The predicted octanol–water partition coefficient (Wildman–Crippen LogP) is 3.38. The molecule has 0 aliphatic carbocycles. The maximum Gasteiger partial charge on any atom is 0.258 e. The highest BCUT2D eigenvalue weighted by Gasteiger charge is 2.38. The topological polar surface area (TPSA) is 81.4 Å². The van der Waals surface area contributed by atoms with Crippen molar-refractivity contribution in [2.45, 2.75) is 12.5 Å². The van der Waals surface area contributed by atoms with Gasteiger partial charge in [0.2, 0.25) is 11.7 Å². The zero-order chi connectivity index (χ0) is 18.1. The third-order valence-corrected chi connectivity index (χ3v) is 4.55. The number of carbonyl (C=O) groups is 1. The van der Waals surface area contributed by atoms with Crippen LogP contribution in [0.25, 0.3) is 11.4 Å². The van der Waals surface area contributed by atoms with Gasteiger partial charge in [-0.15, -0.1) is 0 Å². The summed E-state index contributed by atoms with van der Waals surface area (Å²) in [6.07, 6.45) is 4.09. The summed E-state index contributed by atoms with van der Waals surface area (Å²) in [5, 5.41) is 4.47. The molecule has 8 heteroatoms. The second kappa shape index (κ2) is 6.76. The van der Waals surface area contributed by atoms with Crippen LogP contribution in [-0.4, -0.2) is 39.6 Å². The normalized spacial score (nSPS) is 16.2. The van der Waals surface area contributed by atoms with Crippen molar-refractivity contribution in [2.24, 2.45) is 0 Å². The van der Waals surface area contributed by atoms with Gasteiger partial charge in [-0.25, -0.2) is 0 Å². The SMILES string of the molecule is COc1ccc(Cl)cc1C(=O)N1CCC1c1nc(-c2cccnc2)no1. The number of benzene rings is 1. The first kappa shape index (κ1) is 16.5. The number of likely N-dealkylation sites (tertiary alicyclic amines) is 1. The smallest absolute Gasteiger partial charge is 0.258 e. The number of carbonyl (C=O) groups excluding carboxylic acids is 1. The first-order chi connectivity index (χ1) is 12.7. The van der Waals surface area contributed by atoms with Gasteiger partial charge >= 0.3 is 0 Å². The zero-order valence-corrected chi connectivity index (χ0v) is 14.7.